The number of aromatic nitrogens is 4. The number of ether oxygens (including phenoxy) is 1. The Balaban J connectivity index is 1.12. The minimum absolute atomic E-state index is 0.137. The number of carbonyl (C=O) groups excluding carboxylic acids is 1. The van der Waals surface area contributed by atoms with Gasteiger partial charge in [-0.3, -0.25) is 9.36 Å². The highest BCUT2D eigenvalue weighted by molar-refractivity contribution is 6.28. The highest BCUT2D eigenvalue weighted by Gasteiger charge is 2.59. The van der Waals surface area contributed by atoms with E-state index >= 15 is 0 Å². The van der Waals surface area contributed by atoms with E-state index in [0.717, 1.165) is 44.1 Å². The van der Waals surface area contributed by atoms with Crippen LogP contribution in [-0.2, 0) is 16.1 Å². The Labute approximate surface area is 234 Å². The predicted molar refractivity (Wildman–Crippen MR) is 150 cm³/mol. The number of imidazole rings is 1. The third-order valence-electron chi connectivity index (χ3n) is 10.6. The molecule has 4 heterocycles. The zero-order valence-electron chi connectivity index (χ0n) is 22.7. The van der Waals surface area contributed by atoms with Gasteiger partial charge in [0.1, 0.15) is 6.23 Å². The summed E-state index contributed by atoms with van der Waals surface area (Å²) in [6.07, 6.45) is 9.86. The molecular weight excluding hydrogens is 512 g/mol. The molecule has 206 valence electrons. The van der Waals surface area contributed by atoms with Crippen molar-refractivity contribution < 1.29 is 9.53 Å². The molecule has 2 aromatic heterocycles. The van der Waals surface area contributed by atoms with Crippen molar-refractivity contribution in [2.45, 2.75) is 89.6 Å². The van der Waals surface area contributed by atoms with Gasteiger partial charge >= 0.3 is 0 Å². The quantitative estimate of drug-likeness (QED) is 0.395. The Hall–Kier alpha value is -2.71. The van der Waals surface area contributed by atoms with E-state index in [2.05, 4.69) is 51.1 Å². The normalized spacial score (nSPS) is 36.0. The van der Waals surface area contributed by atoms with Crippen LogP contribution in [-0.4, -0.2) is 37.1 Å². The highest BCUT2D eigenvalue weighted by Crippen LogP contribution is 2.61. The van der Waals surface area contributed by atoms with Gasteiger partial charge in [0, 0.05) is 19.0 Å². The van der Waals surface area contributed by atoms with E-state index < -0.39 is 0 Å². The van der Waals surface area contributed by atoms with Crippen molar-refractivity contribution in [2.75, 3.05) is 5.32 Å². The van der Waals surface area contributed by atoms with E-state index in [1.54, 1.807) is 0 Å². The van der Waals surface area contributed by atoms with Gasteiger partial charge in [-0.15, -0.1) is 0 Å². The van der Waals surface area contributed by atoms with Crippen LogP contribution in [0.3, 0.4) is 0 Å². The zero-order valence-corrected chi connectivity index (χ0v) is 23.5. The van der Waals surface area contributed by atoms with Crippen LogP contribution in [0, 0.1) is 23.2 Å². The van der Waals surface area contributed by atoms with Crippen LogP contribution in [0.5, 0.6) is 0 Å². The number of fused-ring (bicyclic) bond motifs is 6. The molecule has 1 amide bonds. The van der Waals surface area contributed by atoms with E-state index in [9.17, 15) is 4.79 Å². The number of piperidine rings is 1. The lowest BCUT2D eigenvalue weighted by molar-refractivity contribution is -0.231. The van der Waals surface area contributed by atoms with Crippen LogP contribution in [0.1, 0.15) is 77.0 Å². The lowest BCUT2D eigenvalue weighted by Crippen LogP contribution is -2.63. The predicted octanol–water partition coefficient (Wildman–Crippen LogP) is 5.88. The molecule has 2 aliphatic carbocycles. The smallest absolute Gasteiger partial charge is 0.226 e. The summed E-state index contributed by atoms with van der Waals surface area (Å²) in [7, 11) is 0. The molecule has 7 rings (SSSR count). The Kier molecular flexibility index (Phi) is 6.12. The zero-order chi connectivity index (χ0) is 26.8. The van der Waals surface area contributed by atoms with Crippen molar-refractivity contribution in [2.24, 2.45) is 23.2 Å². The number of halogens is 1. The third-order valence-corrected chi connectivity index (χ3v) is 10.7. The van der Waals surface area contributed by atoms with Crippen molar-refractivity contribution in [1.29, 1.82) is 0 Å². The maximum absolute atomic E-state index is 12.1. The third kappa shape index (κ3) is 4.22. The van der Waals surface area contributed by atoms with Gasteiger partial charge in [0.15, 0.2) is 17.0 Å². The molecule has 2 aliphatic heterocycles. The van der Waals surface area contributed by atoms with Crippen molar-refractivity contribution in [3.05, 3.63) is 47.5 Å². The number of carbonyl (C=O) groups is 1. The molecule has 2 saturated heterocycles. The number of benzene rings is 1. The lowest BCUT2D eigenvalue weighted by atomic mass is 9.48. The van der Waals surface area contributed by atoms with Crippen molar-refractivity contribution >= 4 is 34.5 Å². The average molecular weight is 549 g/mol. The Morgan fingerprint density at radius 3 is 2.77 bits per heavy atom. The minimum Gasteiger partial charge on any atom is -0.364 e. The highest BCUT2D eigenvalue weighted by atomic mass is 35.5. The van der Waals surface area contributed by atoms with Gasteiger partial charge in [-0.1, -0.05) is 37.3 Å². The summed E-state index contributed by atoms with van der Waals surface area (Å²) >= 11 is 6.40. The standard InChI is InChI=1S/C30H37ClN6O2/c1-29-14-13-23(38)34-22(29)10-8-19-20(29)12-15-30(2)21(19)9-11-24(39-30)37-17-33-25-26(35-28(31)36-27(25)37)32-16-18-6-4-3-5-7-18/h3-7,17,19-22,24H,8-16H2,1-2H3,(H,34,38)(H,32,35,36)/t19?,20?,21?,22?,24-,29+,30-/m0/s1. The van der Waals surface area contributed by atoms with Crippen LogP contribution in [0.25, 0.3) is 11.2 Å². The van der Waals surface area contributed by atoms with E-state index in [1.165, 1.54) is 6.42 Å². The number of hydrogen-bond acceptors (Lipinski definition) is 6. The summed E-state index contributed by atoms with van der Waals surface area (Å²) < 4.78 is 9.06. The van der Waals surface area contributed by atoms with Crippen LogP contribution >= 0.6 is 11.6 Å². The van der Waals surface area contributed by atoms with Crippen molar-refractivity contribution in [1.82, 2.24) is 24.8 Å². The second kappa shape index (κ2) is 9.44. The molecule has 1 aromatic carbocycles. The number of rotatable bonds is 4. The van der Waals surface area contributed by atoms with Gasteiger partial charge in [0.05, 0.1) is 11.9 Å². The van der Waals surface area contributed by atoms with Gasteiger partial charge in [0.2, 0.25) is 11.2 Å². The van der Waals surface area contributed by atoms with Crippen LogP contribution in [0.2, 0.25) is 5.28 Å². The van der Waals surface area contributed by atoms with E-state index in [0.29, 0.717) is 53.7 Å². The molecule has 4 unspecified atom stereocenters. The fraction of sp³-hybridized carbons (Fsp3) is 0.600. The summed E-state index contributed by atoms with van der Waals surface area (Å²) in [5, 5.41) is 6.93. The van der Waals surface area contributed by atoms with Crippen molar-refractivity contribution in [3.63, 3.8) is 0 Å². The molecule has 0 radical (unpaired) electrons. The van der Waals surface area contributed by atoms with Gasteiger partial charge in [-0.2, -0.15) is 9.97 Å². The largest absolute Gasteiger partial charge is 0.364 e. The summed E-state index contributed by atoms with van der Waals surface area (Å²) in [5.41, 5.74) is 2.58. The van der Waals surface area contributed by atoms with Gasteiger partial charge < -0.3 is 15.4 Å². The maximum Gasteiger partial charge on any atom is 0.226 e. The van der Waals surface area contributed by atoms with Crippen molar-refractivity contribution in [3.8, 4) is 0 Å². The molecule has 2 N–H and O–H groups in total. The summed E-state index contributed by atoms with van der Waals surface area (Å²) in [6.45, 7) is 5.39. The average Bonchev–Trinajstić information content (AvgIpc) is 3.35. The number of hydrogen-bond donors (Lipinski definition) is 2. The van der Waals surface area contributed by atoms with Crippen LogP contribution in [0.4, 0.5) is 5.82 Å². The fourth-order valence-corrected chi connectivity index (χ4v) is 8.71. The molecule has 0 spiro atoms. The molecule has 3 aromatic rings. The van der Waals surface area contributed by atoms with E-state index in [1.807, 2.05) is 24.5 Å². The summed E-state index contributed by atoms with van der Waals surface area (Å²) in [4.78, 5) is 25.9. The maximum atomic E-state index is 12.1. The first-order chi connectivity index (χ1) is 18.8. The second-order valence-corrected chi connectivity index (χ2v) is 12.9. The lowest BCUT2D eigenvalue weighted by Gasteiger charge is -2.62. The van der Waals surface area contributed by atoms with E-state index in [4.69, 9.17) is 21.3 Å². The molecule has 4 fully saturated rings. The van der Waals surface area contributed by atoms with E-state index in [-0.39, 0.29) is 28.4 Å². The first-order valence-corrected chi connectivity index (χ1v) is 14.9. The number of anilines is 1. The molecule has 39 heavy (non-hydrogen) atoms. The molecular formula is C30H37ClN6O2. The molecule has 8 nitrogen and oxygen atoms in total. The van der Waals surface area contributed by atoms with Gasteiger partial charge in [-0.25, -0.2) is 4.98 Å². The molecule has 2 saturated carbocycles. The van der Waals surface area contributed by atoms with Gasteiger partial charge in [-0.05, 0) is 92.2 Å². The monoisotopic (exact) mass is 548 g/mol. The second-order valence-electron chi connectivity index (χ2n) is 12.6. The number of nitrogens with one attached hydrogen (secondary N) is 2. The first-order valence-electron chi connectivity index (χ1n) is 14.5. The first kappa shape index (κ1) is 25.3. The van der Waals surface area contributed by atoms with Gasteiger partial charge in [0.25, 0.3) is 0 Å². The van der Waals surface area contributed by atoms with Crippen LogP contribution < -0.4 is 10.6 Å². The number of nitrogens with zero attached hydrogens (tertiary/aromatic N) is 4. The summed E-state index contributed by atoms with van der Waals surface area (Å²) in [6, 6.07) is 10.5. The number of amides is 1. The Bertz CT molecular complexity index is 1400. The SMILES string of the molecule is C[C@]12CCC(=O)NC1CCC1C2CC[C@]2(C)O[C@H](n3cnc4c(NCc5ccccc5)nc(Cl)nc43)CCC12. The fourth-order valence-electron chi connectivity index (χ4n) is 8.55. The topological polar surface area (TPSA) is 94.0 Å². The minimum atomic E-state index is -0.187. The Morgan fingerprint density at radius 1 is 1.08 bits per heavy atom. The van der Waals surface area contributed by atoms with Crippen LogP contribution in [0.15, 0.2) is 36.7 Å². The molecule has 0 bridgehead atoms. The molecule has 7 atom stereocenters. The Morgan fingerprint density at radius 2 is 1.92 bits per heavy atom. The molecule has 9 heteroatoms. The molecule has 4 aliphatic rings. The summed E-state index contributed by atoms with van der Waals surface area (Å²) in [5.74, 6) is 2.69.